The Bertz CT molecular complexity index is 1250. The number of thiazole rings is 1. The van der Waals surface area contributed by atoms with Gasteiger partial charge in [0.25, 0.3) is 0 Å². The number of aryl methyl sites for hydroxylation is 1. The number of hydrogen-bond donors (Lipinski definition) is 2. The van der Waals surface area contributed by atoms with E-state index in [0.29, 0.717) is 5.13 Å². The Kier molecular flexibility index (Phi) is 4.72. The number of fused-ring (bicyclic) bond motifs is 1. The monoisotopic (exact) mass is 414 g/mol. The summed E-state index contributed by atoms with van der Waals surface area (Å²) in [6, 6.07) is 8.42. The van der Waals surface area contributed by atoms with Crippen molar-refractivity contribution in [2.24, 2.45) is 0 Å². The first-order valence-corrected chi connectivity index (χ1v) is 9.08. The summed E-state index contributed by atoms with van der Waals surface area (Å²) in [4.78, 5) is 23.1. The molecule has 0 aliphatic carbocycles. The number of para-hydroxylation sites is 1. The molecular formula is C18H12F2N6O2S. The molecule has 0 unspecified atom stereocenters. The van der Waals surface area contributed by atoms with Gasteiger partial charge < -0.3 is 10.6 Å². The standard InChI is InChI=1S/C18H12F2N6O2S/c1-9-3-2-4-13-14(9)24-18(29-13)25-17-15(26(27)28)16(21-8-22-17)23-12-7-10(19)5-6-11(12)20/h2-8H,1H3,(H2,21,22,23,24,25). The van der Waals surface area contributed by atoms with Crippen LogP contribution in [0.3, 0.4) is 0 Å². The van der Waals surface area contributed by atoms with Gasteiger partial charge in [0, 0.05) is 6.07 Å². The van der Waals surface area contributed by atoms with E-state index < -0.39 is 22.2 Å². The minimum absolute atomic E-state index is 0.124. The molecule has 2 aromatic carbocycles. The molecule has 2 aromatic heterocycles. The predicted molar refractivity (Wildman–Crippen MR) is 106 cm³/mol. The van der Waals surface area contributed by atoms with E-state index in [1.165, 1.54) is 11.3 Å². The Labute approximate surface area is 166 Å². The Morgan fingerprint density at radius 1 is 1.10 bits per heavy atom. The van der Waals surface area contributed by atoms with Crippen LogP contribution < -0.4 is 10.6 Å². The fraction of sp³-hybridized carbons (Fsp3) is 0.0556. The largest absolute Gasteiger partial charge is 0.353 e. The zero-order valence-electron chi connectivity index (χ0n) is 14.8. The van der Waals surface area contributed by atoms with Crippen LogP contribution in [0.2, 0.25) is 0 Å². The SMILES string of the molecule is Cc1cccc2sc(Nc3ncnc(Nc4cc(F)ccc4F)c3[N+](=O)[O-])nc12. The topological polar surface area (TPSA) is 106 Å². The first-order chi connectivity index (χ1) is 13.9. The fourth-order valence-electron chi connectivity index (χ4n) is 2.70. The van der Waals surface area contributed by atoms with Gasteiger partial charge >= 0.3 is 5.69 Å². The molecular weight excluding hydrogens is 402 g/mol. The van der Waals surface area contributed by atoms with E-state index in [2.05, 4.69) is 25.6 Å². The maximum Gasteiger partial charge on any atom is 0.353 e. The second-order valence-electron chi connectivity index (χ2n) is 5.99. The van der Waals surface area contributed by atoms with Crippen LogP contribution in [0.15, 0.2) is 42.7 Å². The lowest BCUT2D eigenvalue weighted by Gasteiger charge is -2.09. The molecule has 0 amide bonds. The minimum atomic E-state index is -0.782. The second kappa shape index (κ2) is 7.36. The van der Waals surface area contributed by atoms with E-state index in [0.717, 1.165) is 40.3 Å². The van der Waals surface area contributed by atoms with Crippen molar-refractivity contribution in [2.75, 3.05) is 10.6 Å². The summed E-state index contributed by atoms with van der Waals surface area (Å²) in [6.45, 7) is 1.91. The van der Waals surface area contributed by atoms with Crippen LogP contribution in [-0.4, -0.2) is 19.9 Å². The number of nitrogens with zero attached hydrogens (tertiary/aromatic N) is 4. The van der Waals surface area contributed by atoms with Crippen molar-refractivity contribution in [3.63, 3.8) is 0 Å². The quantitative estimate of drug-likeness (QED) is 0.347. The summed E-state index contributed by atoms with van der Waals surface area (Å²) in [7, 11) is 0. The molecule has 8 nitrogen and oxygen atoms in total. The third-order valence-corrected chi connectivity index (χ3v) is 4.97. The van der Waals surface area contributed by atoms with Gasteiger partial charge in [-0.25, -0.2) is 23.7 Å². The second-order valence-corrected chi connectivity index (χ2v) is 7.02. The highest BCUT2D eigenvalue weighted by Crippen LogP contribution is 2.36. The average molecular weight is 414 g/mol. The van der Waals surface area contributed by atoms with E-state index in [4.69, 9.17) is 0 Å². The maximum atomic E-state index is 13.9. The number of benzene rings is 2. The predicted octanol–water partition coefficient (Wildman–Crippen LogP) is 5.07. The number of nitrogens with one attached hydrogen (secondary N) is 2. The lowest BCUT2D eigenvalue weighted by Crippen LogP contribution is -2.06. The molecule has 0 spiro atoms. The smallest absolute Gasteiger partial charge is 0.332 e. The van der Waals surface area contributed by atoms with Gasteiger partial charge in [-0.15, -0.1) is 0 Å². The van der Waals surface area contributed by atoms with Crippen LogP contribution >= 0.6 is 11.3 Å². The van der Waals surface area contributed by atoms with Gasteiger partial charge in [0.05, 0.1) is 20.8 Å². The molecule has 0 bridgehead atoms. The molecule has 2 heterocycles. The summed E-state index contributed by atoms with van der Waals surface area (Å²) in [5.74, 6) is -1.89. The number of hydrogen-bond acceptors (Lipinski definition) is 8. The molecule has 0 atom stereocenters. The van der Waals surface area contributed by atoms with Crippen molar-refractivity contribution < 1.29 is 13.7 Å². The molecule has 29 heavy (non-hydrogen) atoms. The number of aromatic nitrogens is 3. The van der Waals surface area contributed by atoms with Gasteiger partial charge in [0.15, 0.2) is 5.13 Å². The van der Waals surface area contributed by atoms with E-state index >= 15 is 0 Å². The molecule has 4 aromatic rings. The number of anilines is 4. The van der Waals surface area contributed by atoms with E-state index in [1.807, 2.05) is 25.1 Å². The van der Waals surface area contributed by atoms with Crippen LogP contribution in [0.4, 0.5) is 36.9 Å². The number of rotatable bonds is 5. The highest BCUT2D eigenvalue weighted by atomic mass is 32.1. The Morgan fingerprint density at radius 2 is 1.86 bits per heavy atom. The third-order valence-electron chi connectivity index (χ3n) is 4.03. The van der Waals surface area contributed by atoms with Crippen molar-refractivity contribution in [3.05, 3.63) is 70.0 Å². The van der Waals surface area contributed by atoms with Gasteiger partial charge in [-0.1, -0.05) is 23.5 Å². The summed E-state index contributed by atoms with van der Waals surface area (Å²) in [5, 5.41) is 17.4. The Morgan fingerprint density at radius 3 is 2.59 bits per heavy atom. The molecule has 4 rings (SSSR count). The van der Waals surface area contributed by atoms with Crippen LogP contribution in [0.5, 0.6) is 0 Å². The van der Waals surface area contributed by atoms with Crippen molar-refractivity contribution in [3.8, 4) is 0 Å². The molecule has 11 heteroatoms. The van der Waals surface area contributed by atoms with Crippen LogP contribution in [-0.2, 0) is 0 Å². The Hall–Kier alpha value is -3.73. The van der Waals surface area contributed by atoms with Crippen LogP contribution in [0.1, 0.15) is 5.56 Å². The fourth-order valence-corrected chi connectivity index (χ4v) is 3.64. The maximum absolute atomic E-state index is 13.9. The van der Waals surface area contributed by atoms with Gasteiger partial charge in [-0.3, -0.25) is 10.1 Å². The zero-order valence-corrected chi connectivity index (χ0v) is 15.6. The summed E-state index contributed by atoms with van der Waals surface area (Å²) >= 11 is 1.31. The Balaban J connectivity index is 1.73. The van der Waals surface area contributed by atoms with Crippen molar-refractivity contribution in [2.45, 2.75) is 6.92 Å². The van der Waals surface area contributed by atoms with Gasteiger partial charge in [0.2, 0.25) is 11.6 Å². The first kappa shape index (κ1) is 18.6. The van der Waals surface area contributed by atoms with Crippen molar-refractivity contribution >= 4 is 49.7 Å². The number of nitro groups is 1. The normalized spacial score (nSPS) is 10.9. The van der Waals surface area contributed by atoms with Crippen LogP contribution in [0, 0.1) is 28.7 Å². The molecule has 0 saturated heterocycles. The average Bonchev–Trinajstić information content (AvgIpc) is 3.08. The minimum Gasteiger partial charge on any atom is -0.332 e. The van der Waals surface area contributed by atoms with Crippen LogP contribution in [0.25, 0.3) is 10.2 Å². The van der Waals surface area contributed by atoms with Crippen molar-refractivity contribution in [1.82, 2.24) is 15.0 Å². The molecule has 0 radical (unpaired) electrons. The molecule has 2 N–H and O–H groups in total. The number of halogens is 2. The summed E-state index contributed by atoms with van der Waals surface area (Å²) < 4.78 is 28.2. The van der Waals surface area contributed by atoms with E-state index in [1.54, 1.807) is 0 Å². The molecule has 0 saturated carbocycles. The highest BCUT2D eigenvalue weighted by Gasteiger charge is 2.25. The van der Waals surface area contributed by atoms with E-state index in [9.17, 15) is 18.9 Å². The third kappa shape index (κ3) is 3.67. The highest BCUT2D eigenvalue weighted by molar-refractivity contribution is 7.22. The molecule has 0 fully saturated rings. The molecule has 0 aliphatic heterocycles. The molecule has 146 valence electrons. The van der Waals surface area contributed by atoms with Crippen molar-refractivity contribution in [1.29, 1.82) is 0 Å². The van der Waals surface area contributed by atoms with E-state index in [-0.39, 0.29) is 17.3 Å². The summed E-state index contributed by atoms with van der Waals surface area (Å²) in [5.41, 5.74) is 0.935. The first-order valence-electron chi connectivity index (χ1n) is 8.27. The van der Waals surface area contributed by atoms with Gasteiger partial charge in [0.1, 0.15) is 18.0 Å². The molecule has 0 aliphatic rings. The van der Waals surface area contributed by atoms with Gasteiger partial charge in [-0.2, -0.15) is 0 Å². The van der Waals surface area contributed by atoms with Gasteiger partial charge in [-0.05, 0) is 30.7 Å². The zero-order chi connectivity index (χ0) is 20.5. The lowest BCUT2D eigenvalue weighted by atomic mass is 10.2. The lowest BCUT2D eigenvalue weighted by molar-refractivity contribution is -0.383. The summed E-state index contributed by atoms with van der Waals surface area (Å²) in [6.07, 6.45) is 1.08.